The van der Waals surface area contributed by atoms with Gasteiger partial charge in [-0.25, -0.2) is 9.97 Å². The van der Waals surface area contributed by atoms with E-state index in [0.717, 1.165) is 23.6 Å². The molecule has 35 heavy (non-hydrogen) atoms. The molecule has 0 unspecified atom stereocenters. The molecule has 0 bridgehead atoms. The van der Waals surface area contributed by atoms with Gasteiger partial charge in [0.1, 0.15) is 17.4 Å². The van der Waals surface area contributed by atoms with E-state index in [4.69, 9.17) is 23.9 Å². The molecule has 0 aliphatic rings. The lowest BCUT2D eigenvalue weighted by Crippen LogP contribution is -2.05. The highest BCUT2D eigenvalue weighted by atomic mass is 32.2. The summed E-state index contributed by atoms with van der Waals surface area (Å²) < 4.78 is 21.7. The molecule has 0 saturated heterocycles. The average molecular weight is 495 g/mol. The first-order valence-electron chi connectivity index (χ1n) is 11.1. The van der Waals surface area contributed by atoms with E-state index < -0.39 is 0 Å². The van der Waals surface area contributed by atoms with Crippen molar-refractivity contribution >= 4 is 23.3 Å². The van der Waals surface area contributed by atoms with E-state index >= 15 is 0 Å². The highest BCUT2D eigenvalue weighted by Gasteiger charge is 2.21. The monoisotopic (exact) mass is 494 g/mol. The standard InChI is InChI=1S/C26H30N4O4S/c1-16(2)11-12-35-26-29-23(17-13-21(32-4)24(34-6)22(14-17)33-5)20(15-27)25(30-26)28-18-7-9-19(31-3)10-8-18/h7-10,13-14,16H,11-12H2,1-6H3,(H,28,29,30). The lowest BCUT2D eigenvalue weighted by atomic mass is 10.1. The Morgan fingerprint density at radius 2 is 1.60 bits per heavy atom. The molecule has 9 heteroatoms. The molecule has 1 heterocycles. The summed E-state index contributed by atoms with van der Waals surface area (Å²) in [7, 11) is 6.27. The lowest BCUT2D eigenvalue weighted by molar-refractivity contribution is 0.324. The van der Waals surface area contributed by atoms with Crippen molar-refractivity contribution in [1.29, 1.82) is 5.26 Å². The number of nitrogens with zero attached hydrogens (tertiary/aromatic N) is 3. The second-order valence-electron chi connectivity index (χ2n) is 7.99. The van der Waals surface area contributed by atoms with Crippen molar-refractivity contribution in [3.63, 3.8) is 0 Å². The summed E-state index contributed by atoms with van der Waals surface area (Å²) >= 11 is 1.56. The van der Waals surface area contributed by atoms with Gasteiger partial charge in [0, 0.05) is 17.0 Å². The van der Waals surface area contributed by atoms with Crippen LogP contribution in [0.4, 0.5) is 11.5 Å². The fourth-order valence-corrected chi connectivity index (χ4v) is 4.41. The van der Waals surface area contributed by atoms with Crippen molar-refractivity contribution in [3.05, 3.63) is 42.0 Å². The summed E-state index contributed by atoms with van der Waals surface area (Å²) in [6.07, 6.45) is 1.02. The Hall–Kier alpha value is -3.64. The van der Waals surface area contributed by atoms with E-state index in [1.807, 2.05) is 24.3 Å². The van der Waals surface area contributed by atoms with Gasteiger partial charge >= 0.3 is 0 Å². The summed E-state index contributed by atoms with van der Waals surface area (Å²) in [5, 5.41) is 14.0. The smallest absolute Gasteiger partial charge is 0.203 e. The summed E-state index contributed by atoms with van der Waals surface area (Å²) in [5.41, 5.74) is 2.21. The number of nitriles is 1. The first-order valence-corrected chi connectivity index (χ1v) is 12.1. The Bertz CT molecular complexity index is 1170. The predicted octanol–water partition coefficient (Wildman–Crippen LogP) is 5.93. The molecular formula is C26H30N4O4S. The molecule has 3 aromatic rings. The lowest BCUT2D eigenvalue weighted by Gasteiger charge is -2.16. The van der Waals surface area contributed by atoms with Crippen LogP contribution >= 0.6 is 11.8 Å². The minimum Gasteiger partial charge on any atom is -0.497 e. The molecule has 0 atom stereocenters. The third-order valence-electron chi connectivity index (χ3n) is 5.22. The number of methoxy groups -OCH3 is 4. The Morgan fingerprint density at radius 3 is 2.11 bits per heavy atom. The Kier molecular flexibility index (Phi) is 9.04. The normalized spacial score (nSPS) is 10.6. The zero-order valence-corrected chi connectivity index (χ0v) is 21.7. The van der Waals surface area contributed by atoms with Crippen molar-refractivity contribution in [2.75, 3.05) is 39.5 Å². The topological polar surface area (TPSA) is 98.5 Å². The minimum absolute atomic E-state index is 0.309. The van der Waals surface area contributed by atoms with Crippen LogP contribution in [-0.4, -0.2) is 44.2 Å². The van der Waals surface area contributed by atoms with Gasteiger partial charge in [-0.1, -0.05) is 25.6 Å². The molecule has 0 fully saturated rings. The third-order valence-corrected chi connectivity index (χ3v) is 6.10. The Labute approximate surface area is 210 Å². The number of hydrogen-bond donors (Lipinski definition) is 1. The van der Waals surface area contributed by atoms with Crippen LogP contribution in [0.2, 0.25) is 0 Å². The highest BCUT2D eigenvalue weighted by Crippen LogP contribution is 2.42. The van der Waals surface area contributed by atoms with Crippen LogP contribution in [-0.2, 0) is 0 Å². The molecule has 8 nitrogen and oxygen atoms in total. The largest absolute Gasteiger partial charge is 0.497 e. The number of ether oxygens (including phenoxy) is 4. The molecule has 0 saturated carbocycles. The van der Waals surface area contributed by atoms with E-state index in [9.17, 15) is 5.26 Å². The van der Waals surface area contributed by atoms with Crippen molar-refractivity contribution in [2.45, 2.75) is 25.4 Å². The van der Waals surface area contributed by atoms with Crippen molar-refractivity contribution < 1.29 is 18.9 Å². The number of aromatic nitrogens is 2. The van der Waals surface area contributed by atoms with Gasteiger partial charge in [0.2, 0.25) is 5.75 Å². The predicted molar refractivity (Wildman–Crippen MR) is 138 cm³/mol. The number of thioether (sulfide) groups is 1. The van der Waals surface area contributed by atoms with Gasteiger partial charge < -0.3 is 24.3 Å². The van der Waals surface area contributed by atoms with Gasteiger partial charge in [0.15, 0.2) is 22.5 Å². The number of nitrogens with one attached hydrogen (secondary N) is 1. The second-order valence-corrected chi connectivity index (χ2v) is 9.05. The molecular weight excluding hydrogens is 464 g/mol. The Morgan fingerprint density at radius 1 is 0.943 bits per heavy atom. The zero-order chi connectivity index (χ0) is 25.4. The van der Waals surface area contributed by atoms with Crippen LogP contribution < -0.4 is 24.3 Å². The molecule has 0 radical (unpaired) electrons. The SMILES string of the molecule is COc1ccc(Nc2nc(SCCC(C)C)nc(-c3cc(OC)c(OC)c(OC)c3)c2C#N)cc1. The first-order chi connectivity index (χ1) is 16.9. The Balaban J connectivity index is 2.15. The van der Waals surface area contributed by atoms with Crippen LogP contribution in [0, 0.1) is 17.2 Å². The fraction of sp³-hybridized carbons (Fsp3) is 0.346. The maximum Gasteiger partial charge on any atom is 0.203 e. The van der Waals surface area contributed by atoms with Crippen LogP contribution in [0.15, 0.2) is 41.6 Å². The van der Waals surface area contributed by atoms with E-state index in [1.54, 1.807) is 52.3 Å². The van der Waals surface area contributed by atoms with Gasteiger partial charge in [-0.2, -0.15) is 5.26 Å². The second kappa shape index (κ2) is 12.2. The summed E-state index contributed by atoms with van der Waals surface area (Å²) in [6, 6.07) is 13.3. The maximum absolute atomic E-state index is 10.1. The summed E-state index contributed by atoms with van der Waals surface area (Å²) in [6.45, 7) is 4.36. The number of anilines is 2. The van der Waals surface area contributed by atoms with Crippen LogP contribution in [0.3, 0.4) is 0 Å². The quantitative estimate of drug-likeness (QED) is 0.257. The minimum atomic E-state index is 0.309. The molecule has 184 valence electrons. The van der Waals surface area contributed by atoms with E-state index in [1.165, 1.54) is 0 Å². The third kappa shape index (κ3) is 6.28. The fourth-order valence-electron chi connectivity index (χ4n) is 3.32. The van der Waals surface area contributed by atoms with Crippen LogP contribution in [0.1, 0.15) is 25.8 Å². The molecule has 3 rings (SSSR count). The number of hydrogen-bond acceptors (Lipinski definition) is 9. The average Bonchev–Trinajstić information content (AvgIpc) is 2.87. The zero-order valence-electron chi connectivity index (χ0n) is 20.8. The maximum atomic E-state index is 10.1. The van der Waals surface area contributed by atoms with Gasteiger partial charge in [-0.3, -0.25) is 0 Å². The van der Waals surface area contributed by atoms with Crippen molar-refractivity contribution in [1.82, 2.24) is 9.97 Å². The van der Waals surface area contributed by atoms with E-state index in [0.29, 0.717) is 51.0 Å². The van der Waals surface area contributed by atoms with Gasteiger partial charge in [-0.15, -0.1) is 0 Å². The molecule has 1 aromatic heterocycles. The van der Waals surface area contributed by atoms with Crippen molar-refractivity contribution in [2.24, 2.45) is 5.92 Å². The molecule has 1 N–H and O–H groups in total. The highest BCUT2D eigenvalue weighted by molar-refractivity contribution is 7.99. The summed E-state index contributed by atoms with van der Waals surface area (Å²) in [5.74, 6) is 4.00. The first kappa shape index (κ1) is 26.0. The van der Waals surface area contributed by atoms with Gasteiger partial charge in [0.25, 0.3) is 0 Å². The van der Waals surface area contributed by atoms with E-state index in [2.05, 4.69) is 30.2 Å². The van der Waals surface area contributed by atoms with Crippen LogP contribution in [0.25, 0.3) is 11.3 Å². The molecule has 2 aromatic carbocycles. The van der Waals surface area contributed by atoms with Crippen LogP contribution in [0.5, 0.6) is 23.0 Å². The molecule has 0 aliphatic heterocycles. The van der Waals surface area contributed by atoms with E-state index in [-0.39, 0.29) is 0 Å². The van der Waals surface area contributed by atoms with Crippen molar-refractivity contribution in [3.8, 4) is 40.3 Å². The summed E-state index contributed by atoms with van der Waals surface area (Å²) in [4.78, 5) is 9.45. The number of rotatable bonds is 11. The molecule has 0 amide bonds. The molecule has 0 spiro atoms. The van der Waals surface area contributed by atoms with Gasteiger partial charge in [-0.05, 0) is 48.7 Å². The van der Waals surface area contributed by atoms with Gasteiger partial charge in [0.05, 0.1) is 34.1 Å². The molecule has 0 aliphatic carbocycles. The number of benzene rings is 2.